The highest BCUT2D eigenvalue weighted by Crippen LogP contribution is 2.36. The van der Waals surface area contributed by atoms with E-state index in [0.29, 0.717) is 47.6 Å². The van der Waals surface area contributed by atoms with Crippen LogP contribution in [0.25, 0.3) is 10.9 Å². The summed E-state index contributed by atoms with van der Waals surface area (Å²) >= 11 is 0. The minimum Gasteiger partial charge on any atom is -0.379 e. The maximum Gasteiger partial charge on any atom is 0.261 e. The largest absolute Gasteiger partial charge is 0.379 e. The van der Waals surface area contributed by atoms with Crippen molar-refractivity contribution in [2.24, 2.45) is 0 Å². The zero-order chi connectivity index (χ0) is 26.2. The van der Waals surface area contributed by atoms with Crippen molar-refractivity contribution < 1.29 is 18.6 Å². The molecule has 11 heteroatoms. The molecule has 2 atom stereocenters. The number of nitrogens with one attached hydrogen (secondary N) is 2. The fourth-order valence-electron chi connectivity index (χ4n) is 5.36. The van der Waals surface area contributed by atoms with E-state index in [9.17, 15) is 23.9 Å². The molecule has 196 valence electrons. The van der Waals surface area contributed by atoms with E-state index >= 15 is 0 Å². The van der Waals surface area contributed by atoms with Gasteiger partial charge in [0.2, 0.25) is 0 Å². The zero-order valence-electron chi connectivity index (χ0n) is 20.6. The predicted octanol–water partition coefficient (Wildman–Crippen LogP) is 3.92. The predicted molar refractivity (Wildman–Crippen MR) is 134 cm³/mol. The molecule has 0 saturated carbocycles. The van der Waals surface area contributed by atoms with E-state index in [1.807, 2.05) is 13.0 Å². The highest BCUT2D eigenvalue weighted by atomic mass is 19.3. The Kier molecular flexibility index (Phi) is 6.74. The van der Waals surface area contributed by atoms with Gasteiger partial charge in [-0.2, -0.15) is 10.4 Å². The monoisotopic (exact) mass is 512 g/mol. The molecule has 4 heterocycles. The van der Waals surface area contributed by atoms with E-state index in [1.54, 1.807) is 34.0 Å². The number of hydrogen-bond acceptors (Lipinski definition) is 7. The Morgan fingerprint density at radius 3 is 2.76 bits per heavy atom. The van der Waals surface area contributed by atoms with Gasteiger partial charge < -0.3 is 20.1 Å². The number of piperidine rings is 1. The summed E-state index contributed by atoms with van der Waals surface area (Å²) in [6.45, 7) is 3.03. The quantitative estimate of drug-likeness (QED) is 0.458. The van der Waals surface area contributed by atoms with Crippen molar-refractivity contribution in [1.82, 2.24) is 19.7 Å². The number of aliphatic hydroxyl groups excluding tert-OH is 1. The minimum absolute atomic E-state index is 0.119. The Balaban J connectivity index is 1.45. The fraction of sp³-hybridized carbons (Fsp3) is 0.500. The number of ether oxygens (including phenoxy) is 1. The third kappa shape index (κ3) is 4.84. The second-order valence-electron chi connectivity index (χ2n) is 10.0. The third-order valence-corrected chi connectivity index (χ3v) is 7.45. The number of aromatic amines is 1. The van der Waals surface area contributed by atoms with Crippen molar-refractivity contribution in [2.75, 3.05) is 31.6 Å². The molecule has 2 aliphatic rings. The Morgan fingerprint density at radius 2 is 2.08 bits per heavy atom. The number of rotatable bonds is 6. The molecule has 37 heavy (non-hydrogen) atoms. The number of anilines is 2. The first kappa shape index (κ1) is 25.3. The van der Waals surface area contributed by atoms with Gasteiger partial charge in [-0.05, 0) is 49.1 Å². The van der Waals surface area contributed by atoms with Crippen LogP contribution in [0.5, 0.6) is 0 Å². The molecule has 9 nitrogen and oxygen atoms in total. The Labute approximate surface area is 212 Å². The van der Waals surface area contributed by atoms with Crippen LogP contribution in [0.3, 0.4) is 0 Å². The number of pyridine rings is 1. The molecule has 1 unspecified atom stereocenters. The summed E-state index contributed by atoms with van der Waals surface area (Å²) in [7, 11) is 0. The lowest BCUT2D eigenvalue weighted by Crippen LogP contribution is -2.42. The summed E-state index contributed by atoms with van der Waals surface area (Å²) in [6.07, 6.45) is 1.73. The van der Waals surface area contributed by atoms with E-state index < -0.39 is 17.7 Å². The van der Waals surface area contributed by atoms with E-state index in [2.05, 4.69) is 16.4 Å². The highest BCUT2D eigenvalue weighted by molar-refractivity contribution is 5.91. The Morgan fingerprint density at radius 1 is 1.30 bits per heavy atom. The van der Waals surface area contributed by atoms with E-state index in [-0.39, 0.29) is 37.9 Å². The second-order valence-corrected chi connectivity index (χ2v) is 10.0. The van der Waals surface area contributed by atoms with Crippen molar-refractivity contribution in [3.05, 3.63) is 51.9 Å². The second kappa shape index (κ2) is 9.85. The van der Waals surface area contributed by atoms with Gasteiger partial charge in [-0.15, -0.1) is 0 Å². The van der Waals surface area contributed by atoms with Gasteiger partial charge in [0, 0.05) is 44.4 Å². The molecule has 2 saturated heterocycles. The molecule has 0 aliphatic carbocycles. The van der Waals surface area contributed by atoms with Gasteiger partial charge in [-0.1, -0.05) is 6.07 Å². The first-order chi connectivity index (χ1) is 17.7. The van der Waals surface area contributed by atoms with Crippen LogP contribution in [-0.2, 0) is 10.3 Å². The lowest BCUT2D eigenvalue weighted by atomic mass is 9.89. The number of benzene rings is 1. The van der Waals surface area contributed by atoms with Crippen LogP contribution >= 0.6 is 0 Å². The van der Waals surface area contributed by atoms with Gasteiger partial charge in [-0.25, -0.2) is 8.78 Å². The van der Waals surface area contributed by atoms with Crippen molar-refractivity contribution in [3.63, 3.8) is 0 Å². The van der Waals surface area contributed by atoms with E-state index in [4.69, 9.17) is 9.84 Å². The van der Waals surface area contributed by atoms with Gasteiger partial charge in [-0.3, -0.25) is 14.4 Å². The maximum absolute atomic E-state index is 13.5. The van der Waals surface area contributed by atoms with Crippen LogP contribution < -0.4 is 10.9 Å². The molecule has 0 spiro atoms. The molecule has 0 amide bonds. The van der Waals surface area contributed by atoms with Crippen molar-refractivity contribution in [3.8, 4) is 6.07 Å². The number of aryl methyl sites for hydroxylation is 1. The number of nitrogens with zero attached hydrogens (tertiary/aromatic N) is 4. The molecule has 5 rings (SSSR count). The molecule has 3 aromatic rings. The topological polar surface area (TPSA) is 119 Å². The average molecular weight is 513 g/mol. The lowest BCUT2D eigenvalue weighted by Gasteiger charge is -2.36. The number of halogens is 2. The van der Waals surface area contributed by atoms with Crippen LogP contribution in [0, 0.1) is 18.3 Å². The van der Waals surface area contributed by atoms with Crippen LogP contribution in [-0.4, -0.2) is 57.0 Å². The standard InChI is InChI=1S/C26H30F2N6O3/c1-17-15-18(3-4-19(17)24(36)33-12-8-26(27,28)9-13-33)31-22-21-20(5-11-30-23(21)35)34(32-22)25(7-10-29)6-2-14-37-16-25/h3-5,11,15,24,36H,2,6-9,12-14,16H2,1H3,(H,30,35)(H,31,32)/t24?,25-/m0/s1. The Bertz CT molecular complexity index is 1380. The number of aliphatic hydroxyl groups is 1. The van der Waals surface area contributed by atoms with Crippen molar-refractivity contribution in [1.29, 1.82) is 5.26 Å². The van der Waals surface area contributed by atoms with E-state index in [1.165, 1.54) is 0 Å². The van der Waals surface area contributed by atoms with Crippen LogP contribution in [0.4, 0.5) is 20.3 Å². The summed E-state index contributed by atoms with van der Waals surface area (Å²) in [4.78, 5) is 17.2. The molecule has 2 fully saturated rings. The number of H-pyrrole nitrogens is 1. The van der Waals surface area contributed by atoms with Gasteiger partial charge in [0.15, 0.2) is 5.82 Å². The number of likely N-dealkylation sites (tertiary alicyclic amines) is 1. The molecule has 3 N–H and O–H groups in total. The lowest BCUT2D eigenvalue weighted by molar-refractivity contribution is -0.0962. The maximum atomic E-state index is 13.5. The summed E-state index contributed by atoms with van der Waals surface area (Å²) < 4.78 is 34.6. The van der Waals surface area contributed by atoms with E-state index in [0.717, 1.165) is 12.0 Å². The van der Waals surface area contributed by atoms with Gasteiger partial charge in [0.1, 0.15) is 11.6 Å². The fourth-order valence-corrected chi connectivity index (χ4v) is 5.36. The summed E-state index contributed by atoms with van der Waals surface area (Å²) in [6, 6.07) is 9.37. The number of fused-ring (bicyclic) bond motifs is 1. The van der Waals surface area contributed by atoms with Gasteiger partial charge in [0.25, 0.3) is 11.5 Å². The number of alkyl halides is 2. The van der Waals surface area contributed by atoms with Gasteiger partial charge >= 0.3 is 0 Å². The first-order valence-electron chi connectivity index (χ1n) is 12.5. The summed E-state index contributed by atoms with van der Waals surface area (Å²) in [5.74, 6) is -2.33. The molecular weight excluding hydrogens is 482 g/mol. The molecule has 1 aromatic carbocycles. The normalized spacial score (nSPS) is 23.0. The Hall–Kier alpha value is -3.33. The minimum atomic E-state index is -2.68. The highest BCUT2D eigenvalue weighted by Gasteiger charge is 2.38. The van der Waals surface area contributed by atoms with Crippen molar-refractivity contribution >= 4 is 22.4 Å². The molecule has 0 radical (unpaired) electrons. The average Bonchev–Trinajstić information content (AvgIpc) is 3.25. The summed E-state index contributed by atoms with van der Waals surface area (Å²) in [5.41, 5.74) is 1.69. The molecule has 2 aromatic heterocycles. The van der Waals surface area contributed by atoms with Gasteiger partial charge in [0.05, 0.1) is 30.2 Å². The van der Waals surface area contributed by atoms with Crippen LogP contribution in [0.2, 0.25) is 0 Å². The molecule has 2 aliphatic heterocycles. The van der Waals surface area contributed by atoms with Crippen molar-refractivity contribution in [2.45, 2.75) is 56.7 Å². The van der Waals surface area contributed by atoms with Crippen LogP contribution in [0.1, 0.15) is 49.5 Å². The molecular formula is C26H30F2N6O3. The third-order valence-electron chi connectivity index (χ3n) is 7.45. The number of nitriles is 1. The molecule has 0 bridgehead atoms. The smallest absolute Gasteiger partial charge is 0.261 e. The SMILES string of the molecule is Cc1cc(Nc2nn([C@]3(CC#N)CCCOC3)c3cc[nH]c(=O)c23)ccc1C(O)N1CCC(F)(F)CC1. The zero-order valence-corrected chi connectivity index (χ0v) is 20.6. The van der Waals surface area contributed by atoms with Crippen LogP contribution in [0.15, 0.2) is 35.3 Å². The summed E-state index contributed by atoms with van der Waals surface area (Å²) in [5, 5.41) is 28.8. The number of hydrogen-bond donors (Lipinski definition) is 3. The first-order valence-corrected chi connectivity index (χ1v) is 12.5. The number of aromatic nitrogens is 3.